The number of carbonyl (C=O) groups excluding carboxylic acids is 2. The number of carbonyl (C=O) groups is 2. The number of urea groups is 1. The molecule has 1 atom stereocenters. The number of rotatable bonds is 3. The second-order valence-electron chi connectivity index (χ2n) is 5.65. The first kappa shape index (κ1) is 14.5. The minimum atomic E-state index is -0.645. The Balaban J connectivity index is 1.70. The maximum Gasteiger partial charge on any atom is 0.320 e. The van der Waals surface area contributed by atoms with Crippen LogP contribution < -0.4 is 10.6 Å². The second kappa shape index (κ2) is 5.74. The standard InChI is InChI=1S/C13H19N7O2/c1-18-5-6-20(13(18)22)9-3-2-4-19(8-9)12-15-7-10(11(14)21)16-17-12/h7,9H,2-6,8H2,1H3,(H2,14,21). The third kappa shape index (κ3) is 2.66. The van der Waals surface area contributed by atoms with Crippen molar-refractivity contribution in [3.63, 3.8) is 0 Å². The van der Waals surface area contributed by atoms with E-state index in [-0.39, 0.29) is 17.8 Å². The number of hydrogen-bond donors (Lipinski definition) is 1. The van der Waals surface area contributed by atoms with Gasteiger partial charge in [0.25, 0.3) is 5.91 Å². The number of nitrogens with zero attached hydrogens (tertiary/aromatic N) is 6. The van der Waals surface area contributed by atoms with Crippen LogP contribution in [0, 0.1) is 0 Å². The van der Waals surface area contributed by atoms with E-state index in [9.17, 15) is 9.59 Å². The fourth-order valence-electron chi connectivity index (χ4n) is 2.92. The first-order valence-corrected chi connectivity index (χ1v) is 7.32. The van der Waals surface area contributed by atoms with E-state index in [0.29, 0.717) is 12.5 Å². The molecule has 2 fully saturated rings. The molecule has 3 rings (SSSR count). The minimum absolute atomic E-state index is 0.0497. The van der Waals surface area contributed by atoms with Crippen molar-refractivity contribution in [2.45, 2.75) is 18.9 Å². The lowest BCUT2D eigenvalue weighted by Gasteiger charge is -2.37. The number of primary amides is 1. The minimum Gasteiger partial charge on any atom is -0.364 e. The van der Waals surface area contributed by atoms with Gasteiger partial charge >= 0.3 is 6.03 Å². The number of likely N-dealkylation sites (N-methyl/N-ethyl adjacent to an activating group) is 1. The Bertz CT molecular complexity index is 576. The second-order valence-corrected chi connectivity index (χ2v) is 5.65. The van der Waals surface area contributed by atoms with E-state index < -0.39 is 5.91 Å². The third-order valence-corrected chi connectivity index (χ3v) is 4.17. The average Bonchev–Trinajstić information content (AvgIpc) is 2.87. The summed E-state index contributed by atoms with van der Waals surface area (Å²) in [4.78, 5) is 32.9. The van der Waals surface area contributed by atoms with Crippen LogP contribution >= 0.6 is 0 Å². The Kier molecular flexibility index (Phi) is 3.78. The van der Waals surface area contributed by atoms with E-state index in [4.69, 9.17) is 5.73 Å². The highest BCUT2D eigenvalue weighted by Crippen LogP contribution is 2.22. The summed E-state index contributed by atoms with van der Waals surface area (Å²) in [5.41, 5.74) is 5.18. The molecule has 0 saturated carbocycles. The van der Waals surface area contributed by atoms with Gasteiger partial charge in [-0.05, 0) is 12.8 Å². The highest BCUT2D eigenvalue weighted by Gasteiger charge is 2.34. The normalized spacial score (nSPS) is 22.3. The van der Waals surface area contributed by atoms with Crippen molar-refractivity contribution in [2.75, 3.05) is 38.1 Å². The van der Waals surface area contributed by atoms with Crippen LogP contribution in [-0.4, -0.2) is 76.2 Å². The summed E-state index contributed by atoms with van der Waals surface area (Å²) in [6.07, 6.45) is 3.27. The van der Waals surface area contributed by atoms with Gasteiger partial charge in [0.2, 0.25) is 5.95 Å². The predicted octanol–water partition coefficient (Wildman–Crippen LogP) is -0.693. The van der Waals surface area contributed by atoms with E-state index in [1.807, 2.05) is 16.8 Å². The highest BCUT2D eigenvalue weighted by molar-refractivity contribution is 5.90. The Morgan fingerprint density at radius 2 is 2.14 bits per heavy atom. The van der Waals surface area contributed by atoms with Gasteiger partial charge in [-0.1, -0.05) is 0 Å². The number of hydrogen-bond acceptors (Lipinski definition) is 6. The summed E-state index contributed by atoms with van der Waals surface area (Å²) in [7, 11) is 1.82. The molecular formula is C13H19N7O2. The van der Waals surface area contributed by atoms with Crippen molar-refractivity contribution < 1.29 is 9.59 Å². The number of nitrogens with two attached hydrogens (primary N) is 1. The van der Waals surface area contributed by atoms with Gasteiger partial charge in [0.1, 0.15) is 0 Å². The molecule has 1 aromatic rings. The van der Waals surface area contributed by atoms with Crippen LogP contribution in [-0.2, 0) is 0 Å². The van der Waals surface area contributed by atoms with E-state index in [2.05, 4.69) is 15.2 Å². The molecule has 0 radical (unpaired) electrons. The summed E-state index contributed by atoms with van der Waals surface area (Å²) < 4.78 is 0. The van der Waals surface area contributed by atoms with Gasteiger partial charge in [-0.2, -0.15) is 0 Å². The lowest BCUT2D eigenvalue weighted by molar-refractivity contribution is 0.0994. The molecule has 1 unspecified atom stereocenters. The largest absolute Gasteiger partial charge is 0.364 e. The maximum atomic E-state index is 12.1. The highest BCUT2D eigenvalue weighted by atomic mass is 16.2. The third-order valence-electron chi connectivity index (χ3n) is 4.17. The molecule has 3 heterocycles. The van der Waals surface area contributed by atoms with Gasteiger partial charge in [-0.3, -0.25) is 4.79 Å². The lowest BCUT2D eigenvalue weighted by Crippen LogP contribution is -2.49. The zero-order chi connectivity index (χ0) is 15.7. The maximum absolute atomic E-state index is 12.1. The molecule has 9 heteroatoms. The number of amides is 3. The molecule has 0 bridgehead atoms. The van der Waals surface area contributed by atoms with Crippen molar-refractivity contribution in [1.29, 1.82) is 0 Å². The zero-order valence-corrected chi connectivity index (χ0v) is 12.5. The van der Waals surface area contributed by atoms with Gasteiger partial charge in [0.15, 0.2) is 5.69 Å². The number of aromatic nitrogens is 3. The molecule has 9 nitrogen and oxygen atoms in total. The molecular weight excluding hydrogens is 286 g/mol. The number of piperidine rings is 1. The Morgan fingerprint density at radius 1 is 1.32 bits per heavy atom. The molecule has 22 heavy (non-hydrogen) atoms. The van der Waals surface area contributed by atoms with Crippen LogP contribution in [0.5, 0.6) is 0 Å². The predicted molar refractivity (Wildman–Crippen MR) is 78.3 cm³/mol. The van der Waals surface area contributed by atoms with Crippen molar-refractivity contribution >= 4 is 17.9 Å². The van der Waals surface area contributed by atoms with Crippen LogP contribution in [0.4, 0.5) is 10.7 Å². The molecule has 3 amide bonds. The molecule has 2 saturated heterocycles. The van der Waals surface area contributed by atoms with E-state index >= 15 is 0 Å². The molecule has 2 N–H and O–H groups in total. The topological polar surface area (TPSA) is 109 Å². The van der Waals surface area contributed by atoms with E-state index in [1.165, 1.54) is 6.20 Å². The molecule has 0 spiro atoms. The molecule has 0 aliphatic carbocycles. The average molecular weight is 305 g/mol. The molecule has 2 aliphatic heterocycles. The fourth-order valence-corrected chi connectivity index (χ4v) is 2.92. The smallest absolute Gasteiger partial charge is 0.320 e. The van der Waals surface area contributed by atoms with E-state index in [1.54, 1.807) is 4.90 Å². The fraction of sp³-hybridized carbons (Fsp3) is 0.615. The SMILES string of the molecule is CN1CCN(C2CCCN(c3ncc(C(N)=O)nn3)C2)C1=O. The first-order valence-electron chi connectivity index (χ1n) is 7.32. The Hall–Kier alpha value is -2.45. The first-order chi connectivity index (χ1) is 10.6. The molecule has 2 aliphatic rings. The summed E-state index contributed by atoms with van der Waals surface area (Å²) in [6, 6.07) is 0.237. The molecule has 0 aromatic carbocycles. The van der Waals surface area contributed by atoms with Crippen molar-refractivity contribution in [1.82, 2.24) is 25.0 Å². The summed E-state index contributed by atoms with van der Waals surface area (Å²) in [5.74, 6) is -0.177. The number of anilines is 1. The summed E-state index contributed by atoms with van der Waals surface area (Å²) in [6.45, 7) is 3.01. The van der Waals surface area contributed by atoms with Crippen molar-refractivity contribution in [2.24, 2.45) is 5.73 Å². The Morgan fingerprint density at radius 3 is 2.73 bits per heavy atom. The summed E-state index contributed by atoms with van der Waals surface area (Å²) >= 11 is 0. The lowest BCUT2D eigenvalue weighted by atomic mass is 10.0. The Labute approximate surface area is 128 Å². The van der Waals surface area contributed by atoms with Crippen molar-refractivity contribution in [3.8, 4) is 0 Å². The van der Waals surface area contributed by atoms with Crippen LogP contribution in [0.1, 0.15) is 23.3 Å². The van der Waals surface area contributed by atoms with Crippen LogP contribution in [0.25, 0.3) is 0 Å². The quantitative estimate of drug-likeness (QED) is 0.791. The van der Waals surface area contributed by atoms with E-state index in [0.717, 1.165) is 32.5 Å². The molecule has 1 aromatic heterocycles. The monoisotopic (exact) mass is 305 g/mol. The van der Waals surface area contributed by atoms with Crippen LogP contribution in [0.2, 0.25) is 0 Å². The van der Waals surface area contributed by atoms with Gasteiger partial charge in [-0.15, -0.1) is 10.2 Å². The van der Waals surface area contributed by atoms with Gasteiger partial charge < -0.3 is 20.4 Å². The molecule has 118 valence electrons. The van der Waals surface area contributed by atoms with Crippen molar-refractivity contribution in [3.05, 3.63) is 11.9 Å². The summed E-state index contributed by atoms with van der Waals surface area (Å²) in [5, 5.41) is 7.75. The van der Waals surface area contributed by atoms with Gasteiger partial charge in [-0.25, -0.2) is 9.78 Å². The van der Waals surface area contributed by atoms with Gasteiger partial charge in [0, 0.05) is 33.2 Å². The van der Waals surface area contributed by atoms with Crippen LogP contribution in [0.15, 0.2) is 6.20 Å². The zero-order valence-electron chi connectivity index (χ0n) is 12.5. The van der Waals surface area contributed by atoms with Gasteiger partial charge in [0.05, 0.1) is 12.2 Å². The van der Waals surface area contributed by atoms with Crippen LogP contribution in [0.3, 0.4) is 0 Å².